The predicted molar refractivity (Wildman–Crippen MR) is 123 cm³/mol. The van der Waals surface area contributed by atoms with Crippen molar-refractivity contribution in [1.82, 2.24) is 9.55 Å². The van der Waals surface area contributed by atoms with Crippen LogP contribution in [0.5, 0.6) is 0 Å². The molecule has 0 saturated heterocycles. The number of thioether (sulfide) groups is 1. The highest BCUT2D eigenvalue weighted by atomic mass is 32.2. The maximum Gasteiger partial charge on any atom is 0.262 e. The zero-order valence-electron chi connectivity index (χ0n) is 17.5. The first-order valence-corrected chi connectivity index (χ1v) is 11.6. The van der Waals surface area contributed by atoms with Crippen LogP contribution in [-0.4, -0.2) is 21.2 Å². The fourth-order valence-corrected chi connectivity index (χ4v) is 5.09. The van der Waals surface area contributed by atoms with Crippen LogP contribution in [0.4, 0.5) is 5.69 Å². The van der Waals surface area contributed by atoms with Gasteiger partial charge in [0.25, 0.3) is 5.56 Å². The molecule has 0 unspecified atom stereocenters. The molecule has 1 saturated carbocycles. The second kappa shape index (κ2) is 9.04. The Kier molecular flexibility index (Phi) is 6.23. The van der Waals surface area contributed by atoms with Crippen LogP contribution in [0.1, 0.15) is 49.8 Å². The summed E-state index contributed by atoms with van der Waals surface area (Å²) < 4.78 is 1.83. The van der Waals surface area contributed by atoms with Crippen LogP contribution in [0.2, 0.25) is 0 Å². The number of fused-ring (bicyclic) bond motifs is 1. The molecule has 30 heavy (non-hydrogen) atoms. The van der Waals surface area contributed by atoms with Crippen LogP contribution in [0, 0.1) is 6.92 Å². The molecule has 0 spiro atoms. The molecule has 5 nitrogen and oxygen atoms in total. The lowest BCUT2D eigenvalue weighted by Crippen LogP contribution is -2.27. The van der Waals surface area contributed by atoms with Crippen LogP contribution in [0.25, 0.3) is 10.9 Å². The molecule has 0 aliphatic heterocycles. The van der Waals surface area contributed by atoms with Gasteiger partial charge < -0.3 is 5.32 Å². The van der Waals surface area contributed by atoms with E-state index in [1.54, 1.807) is 0 Å². The molecular weight excluding hydrogens is 394 g/mol. The van der Waals surface area contributed by atoms with Crippen LogP contribution >= 0.6 is 11.8 Å². The fraction of sp³-hybridized carbons (Fsp3) is 0.375. The number of hydrogen-bond acceptors (Lipinski definition) is 4. The van der Waals surface area contributed by atoms with E-state index in [4.69, 9.17) is 4.98 Å². The van der Waals surface area contributed by atoms with Gasteiger partial charge in [0.05, 0.1) is 16.7 Å². The number of hydrogen-bond donors (Lipinski definition) is 1. The summed E-state index contributed by atoms with van der Waals surface area (Å²) in [6.45, 7) is 4.09. The molecule has 1 aromatic heterocycles. The zero-order chi connectivity index (χ0) is 21.1. The third-order valence-corrected chi connectivity index (χ3v) is 6.75. The highest BCUT2D eigenvalue weighted by molar-refractivity contribution is 7.99. The van der Waals surface area contributed by atoms with Gasteiger partial charge >= 0.3 is 0 Å². The van der Waals surface area contributed by atoms with Crippen LogP contribution in [0.3, 0.4) is 0 Å². The summed E-state index contributed by atoms with van der Waals surface area (Å²) in [4.78, 5) is 30.7. The standard InChI is InChI=1S/C24H27N3O2S/c1-3-17-10-8-9-16(2)22(17)26-21(28)15-30-24-25-20-14-7-6-13-19(20)23(29)27(24)18-11-4-5-12-18/h6-10,13-14,18H,3-5,11-12,15H2,1-2H3,(H,26,28). The topological polar surface area (TPSA) is 64.0 Å². The number of carbonyl (C=O) groups excluding carboxylic acids is 1. The van der Waals surface area contributed by atoms with E-state index in [2.05, 4.69) is 12.2 Å². The highest BCUT2D eigenvalue weighted by Crippen LogP contribution is 2.32. The van der Waals surface area contributed by atoms with Crippen molar-refractivity contribution in [3.8, 4) is 0 Å². The molecule has 1 N–H and O–H groups in total. The van der Waals surface area contributed by atoms with Gasteiger partial charge in [0.15, 0.2) is 5.16 Å². The fourth-order valence-electron chi connectivity index (χ4n) is 4.22. The summed E-state index contributed by atoms with van der Waals surface area (Å²) in [5.41, 5.74) is 3.76. The number of nitrogens with one attached hydrogen (secondary N) is 1. The quantitative estimate of drug-likeness (QED) is 0.444. The van der Waals surface area contributed by atoms with Gasteiger partial charge in [-0.3, -0.25) is 14.2 Å². The monoisotopic (exact) mass is 421 g/mol. The molecule has 2 aromatic carbocycles. The van der Waals surface area contributed by atoms with E-state index in [0.717, 1.165) is 48.9 Å². The number of aromatic nitrogens is 2. The van der Waals surface area contributed by atoms with E-state index in [-0.39, 0.29) is 23.3 Å². The van der Waals surface area contributed by atoms with E-state index in [1.807, 2.05) is 54.0 Å². The van der Waals surface area contributed by atoms with Gasteiger partial charge in [-0.05, 0) is 49.4 Å². The van der Waals surface area contributed by atoms with Gasteiger partial charge in [-0.25, -0.2) is 4.98 Å². The minimum atomic E-state index is -0.0793. The molecule has 1 aliphatic carbocycles. The normalized spacial score (nSPS) is 14.3. The average Bonchev–Trinajstić information content (AvgIpc) is 3.28. The number of carbonyl (C=O) groups is 1. The SMILES string of the molecule is CCc1cccc(C)c1NC(=O)CSc1nc2ccccc2c(=O)n1C1CCCC1. The second-order valence-electron chi connectivity index (χ2n) is 7.82. The van der Waals surface area contributed by atoms with Gasteiger partial charge in [0.1, 0.15) is 0 Å². The number of nitrogens with zero attached hydrogens (tertiary/aromatic N) is 2. The lowest BCUT2D eigenvalue weighted by Gasteiger charge is -2.19. The molecule has 156 valence electrons. The average molecular weight is 422 g/mol. The molecular formula is C24H27N3O2S. The van der Waals surface area contributed by atoms with Gasteiger partial charge in [0.2, 0.25) is 5.91 Å². The molecule has 0 radical (unpaired) electrons. The summed E-state index contributed by atoms with van der Waals surface area (Å²) in [7, 11) is 0. The number of para-hydroxylation sites is 2. The first-order chi connectivity index (χ1) is 14.6. The Hall–Kier alpha value is -2.60. The summed E-state index contributed by atoms with van der Waals surface area (Å²) in [5.74, 6) is 0.138. The number of anilines is 1. The molecule has 3 aromatic rings. The second-order valence-corrected chi connectivity index (χ2v) is 8.77. The molecule has 0 atom stereocenters. The van der Waals surface area contributed by atoms with E-state index < -0.39 is 0 Å². The van der Waals surface area contributed by atoms with Crippen molar-refractivity contribution < 1.29 is 4.79 Å². The molecule has 1 amide bonds. The van der Waals surface area contributed by atoms with Crippen molar-refractivity contribution in [2.45, 2.75) is 57.1 Å². The first-order valence-electron chi connectivity index (χ1n) is 10.6. The van der Waals surface area contributed by atoms with E-state index >= 15 is 0 Å². The molecule has 0 bridgehead atoms. The Labute approximate surface area is 180 Å². The lowest BCUT2D eigenvalue weighted by atomic mass is 10.1. The minimum absolute atomic E-state index is 0.00239. The first kappa shape index (κ1) is 20.7. The maximum absolute atomic E-state index is 13.2. The van der Waals surface area contributed by atoms with Crippen LogP contribution < -0.4 is 10.9 Å². The van der Waals surface area contributed by atoms with Crippen LogP contribution in [0.15, 0.2) is 52.4 Å². The van der Waals surface area contributed by atoms with Crippen molar-refractivity contribution in [3.63, 3.8) is 0 Å². The number of amides is 1. The Morgan fingerprint density at radius 3 is 2.70 bits per heavy atom. The largest absolute Gasteiger partial charge is 0.325 e. The Morgan fingerprint density at radius 2 is 1.93 bits per heavy atom. The summed E-state index contributed by atoms with van der Waals surface area (Å²) in [5, 5.41) is 4.35. The minimum Gasteiger partial charge on any atom is -0.325 e. The van der Waals surface area contributed by atoms with E-state index in [0.29, 0.717) is 16.1 Å². The van der Waals surface area contributed by atoms with Crippen molar-refractivity contribution in [3.05, 3.63) is 63.9 Å². The van der Waals surface area contributed by atoms with Crippen molar-refractivity contribution in [2.24, 2.45) is 0 Å². The molecule has 1 aliphatic rings. The Morgan fingerprint density at radius 1 is 1.17 bits per heavy atom. The van der Waals surface area contributed by atoms with Crippen LogP contribution in [-0.2, 0) is 11.2 Å². The Balaban J connectivity index is 1.60. The van der Waals surface area contributed by atoms with Gasteiger partial charge in [0, 0.05) is 11.7 Å². The van der Waals surface area contributed by atoms with Crippen molar-refractivity contribution in [2.75, 3.05) is 11.1 Å². The zero-order valence-corrected chi connectivity index (χ0v) is 18.3. The van der Waals surface area contributed by atoms with Gasteiger partial charge in [-0.2, -0.15) is 0 Å². The summed E-state index contributed by atoms with van der Waals surface area (Å²) in [6.07, 6.45) is 5.09. The number of aryl methyl sites for hydroxylation is 2. The molecule has 4 rings (SSSR count). The third kappa shape index (κ3) is 4.15. The van der Waals surface area contributed by atoms with Gasteiger partial charge in [-0.1, -0.05) is 61.9 Å². The molecule has 1 fully saturated rings. The third-order valence-electron chi connectivity index (χ3n) is 5.80. The summed E-state index contributed by atoms with van der Waals surface area (Å²) >= 11 is 1.35. The smallest absolute Gasteiger partial charge is 0.262 e. The van der Waals surface area contributed by atoms with Crippen molar-refractivity contribution >= 4 is 34.3 Å². The van der Waals surface area contributed by atoms with E-state index in [9.17, 15) is 9.59 Å². The highest BCUT2D eigenvalue weighted by Gasteiger charge is 2.23. The number of rotatable bonds is 6. The van der Waals surface area contributed by atoms with E-state index in [1.165, 1.54) is 11.8 Å². The number of benzene rings is 2. The maximum atomic E-state index is 13.2. The lowest BCUT2D eigenvalue weighted by molar-refractivity contribution is -0.113. The molecule has 1 heterocycles. The van der Waals surface area contributed by atoms with Gasteiger partial charge in [-0.15, -0.1) is 0 Å². The Bertz CT molecular complexity index is 1130. The molecule has 6 heteroatoms. The summed E-state index contributed by atoms with van der Waals surface area (Å²) in [6, 6.07) is 13.7. The van der Waals surface area contributed by atoms with Crippen molar-refractivity contribution in [1.29, 1.82) is 0 Å². The predicted octanol–water partition coefficient (Wildman–Crippen LogP) is 5.11.